The molecule has 0 saturated carbocycles. The van der Waals surface area contributed by atoms with E-state index in [-0.39, 0.29) is 48.7 Å². The fourth-order valence-corrected chi connectivity index (χ4v) is 10.8. The summed E-state index contributed by atoms with van der Waals surface area (Å²) in [4.78, 5) is 15.2. The zero-order valence-corrected chi connectivity index (χ0v) is 51.4. The number of ether oxygens (including phenoxy) is 8. The molecule has 0 unspecified atom stereocenters. The lowest BCUT2D eigenvalue weighted by atomic mass is 9.90. The third-order valence-electron chi connectivity index (χ3n) is 15.4. The van der Waals surface area contributed by atoms with Crippen molar-refractivity contribution in [1.82, 2.24) is 0 Å². The summed E-state index contributed by atoms with van der Waals surface area (Å²) in [5.74, 6) is 4.85. The van der Waals surface area contributed by atoms with Crippen LogP contribution in [0.25, 0.3) is 0 Å². The molecule has 8 bridgehead atoms. The first-order chi connectivity index (χ1) is 42.8. The molecule has 458 valence electrons. The van der Waals surface area contributed by atoms with Gasteiger partial charge in [-0.05, 0) is 110 Å². The van der Waals surface area contributed by atoms with Gasteiger partial charge in [0.25, 0.3) is 0 Å². The molecule has 9 rings (SSSR count). The number of methoxy groups -OCH3 is 6. The highest BCUT2D eigenvalue weighted by atomic mass is 16.5. The van der Waals surface area contributed by atoms with Crippen LogP contribution in [-0.2, 0) is 32.2 Å². The van der Waals surface area contributed by atoms with E-state index in [0.29, 0.717) is 111 Å². The largest absolute Gasteiger partial charge is 0.508 e. The molecule has 0 atom stereocenters. The molecule has 0 spiro atoms. The number of hydrogen-bond donors (Lipinski definition) is 5. The molecule has 0 saturated heterocycles. The summed E-state index contributed by atoms with van der Waals surface area (Å²) in [5.41, 5.74) is 10.6. The van der Waals surface area contributed by atoms with E-state index >= 15 is 0 Å². The van der Waals surface area contributed by atoms with E-state index in [0.717, 1.165) is 83.2 Å². The summed E-state index contributed by atoms with van der Waals surface area (Å²) in [5, 5.41) is 50.3. The van der Waals surface area contributed by atoms with Crippen LogP contribution in [0.5, 0.6) is 69.0 Å². The van der Waals surface area contributed by atoms with E-state index in [1.165, 1.54) is 13.2 Å². The number of hydrogen-bond acceptors (Lipinski definition) is 16. The van der Waals surface area contributed by atoms with Crippen LogP contribution in [0.3, 0.4) is 0 Å². The van der Waals surface area contributed by atoms with Crippen molar-refractivity contribution in [2.45, 2.75) is 84.6 Å². The highest BCUT2D eigenvalue weighted by Gasteiger charge is 2.24. The van der Waals surface area contributed by atoms with E-state index in [1.807, 2.05) is 78.9 Å². The Kier molecular flexibility index (Phi) is 21.4. The SMILES string of the molecule is CCCCCOc1c2cc(N=Cc3ccc(OC)cc3OC)cc1Cc1cc(NCc3ccc(O)cc3OC)cc(c1O)Cc1cc(N=Cc3ccc(OC)cc3OC)cc(c1OCCCCC)Cc1cc(N=Cc3ccc(O)cc3OC)cc(c1O)C2. The monoisotopic (exact) mass is 1190 g/mol. The molecule has 16 nitrogen and oxygen atoms in total. The van der Waals surface area contributed by atoms with Gasteiger partial charge in [-0.2, -0.15) is 0 Å². The van der Waals surface area contributed by atoms with Crippen LogP contribution in [0.2, 0.25) is 0 Å². The Morgan fingerprint density at radius 1 is 0.398 bits per heavy atom. The second-order valence-corrected chi connectivity index (χ2v) is 21.5. The average molecular weight is 1190 g/mol. The second-order valence-electron chi connectivity index (χ2n) is 21.5. The van der Waals surface area contributed by atoms with Crippen LogP contribution < -0.4 is 43.2 Å². The third kappa shape index (κ3) is 15.6. The highest BCUT2D eigenvalue weighted by Crippen LogP contribution is 2.44. The van der Waals surface area contributed by atoms with Gasteiger partial charge in [0.1, 0.15) is 69.0 Å². The van der Waals surface area contributed by atoms with Crippen LogP contribution in [0, 0.1) is 0 Å². The van der Waals surface area contributed by atoms with Crippen molar-refractivity contribution in [2.24, 2.45) is 15.0 Å². The third-order valence-corrected chi connectivity index (χ3v) is 15.4. The fourth-order valence-electron chi connectivity index (χ4n) is 10.8. The number of unbranched alkanes of at least 4 members (excludes halogenated alkanes) is 4. The van der Waals surface area contributed by atoms with Gasteiger partial charge >= 0.3 is 0 Å². The topological polar surface area (TPSA) is 204 Å². The number of benzene rings is 8. The van der Waals surface area contributed by atoms with Gasteiger partial charge in [0.05, 0.1) is 72.9 Å². The number of aromatic hydroxyl groups is 4. The van der Waals surface area contributed by atoms with E-state index in [1.54, 1.807) is 90.6 Å². The zero-order valence-electron chi connectivity index (χ0n) is 51.4. The number of phenols is 4. The molecule has 1 aliphatic rings. The molecule has 1 aliphatic carbocycles. The maximum atomic E-state index is 13.0. The lowest BCUT2D eigenvalue weighted by Gasteiger charge is -2.22. The van der Waals surface area contributed by atoms with E-state index < -0.39 is 0 Å². The first kappa shape index (κ1) is 62.7. The molecule has 0 aromatic heterocycles. The minimum absolute atomic E-state index is 0.0534. The summed E-state index contributed by atoms with van der Waals surface area (Å²) in [6.07, 6.45) is 11.3. The first-order valence-corrected chi connectivity index (χ1v) is 29.6. The number of anilines is 1. The predicted molar refractivity (Wildman–Crippen MR) is 348 cm³/mol. The van der Waals surface area contributed by atoms with Gasteiger partial charge in [-0.3, -0.25) is 15.0 Å². The molecule has 0 aliphatic heterocycles. The van der Waals surface area contributed by atoms with Gasteiger partial charge in [-0.25, -0.2) is 0 Å². The summed E-state index contributed by atoms with van der Waals surface area (Å²) in [6.45, 7) is 5.44. The standard InChI is InChI=1S/C72H78N4O12/c1-9-11-13-23-87-71-53-25-49-29-57(73-41-45-15-19-61(77)37-65(45)83-5)31-51(69(49)79)27-55-35-60(76-44-48-18-22-64(82-4)40-68(48)86-8)36-56(72(55)88-24-14-12-10-2)28-52-32-58(74-42-46-16-20-62(78)38-66(46)84-6)30-50(70(52)80)26-54(71)34-59(33-53)75-43-47-17-21-63(81-3)39-67(47)85-7/h15-22,29-41,43-44,74,77-80H,9-14,23-28,42H2,1-8H3. The first-order valence-electron chi connectivity index (χ1n) is 29.6. The highest BCUT2D eigenvalue weighted by molar-refractivity contribution is 5.88. The second kappa shape index (κ2) is 30.0. The summed E-state index contributed by atoms with van der Waals surface area (Å²) in [7, 11) is 9.52. The molecular formula is C72H78N4O12. The minimum atomic E-state index is 0.0534. The Balaban J connectivity index is 1.31. The number of nitrogens with zero attached hydrogens (tertiary/aromatic N) is 3. The number of aliphatic imine (C=N–C) groups is 3. The van der Waals surface area contributed by atoms with E-state index in [2.05, 4.69) is 19.2 Å². The minimum Gasteiger partial charge on any atom is -0.508 e. The zero-order chi connectivity index (χ0) is 62.1. The molecular weight excluding hydrogens is 1110 g/mol. The lowest BCUT2D eigenvalue weighted by molar-refractivity contribution is 0.300. The normalized spacial score (nSPS) is 12.1. The van der Waals surface area contributed by atoms with Crippen molar-refractivity contribution >= 4 is 41.4 Å². The van der Waals surface area contributed by atoms with Crippen molar-refractivity contribution in [3.05, 3.63) is 188 Å². The number of phenolic OH excluding ortho intramolecular Hbond substituents is 4. The van der Waals surface area contributed by atoms with Gasteiger partial charge in [0.2, 0.25) is 0 Å². The quantitative estimate of drug-likeness (QED) is 0.0206. The van der Waals surface area contributed by atoms with Crippen LogP contribution in [0.15, 0.2) is 136 Å². The van der Waals surface area contributed by atoms with Crippen molar-refractivity contribution in [3.63, 3.8) is 0 Å². The Morgan fingerprint density at radius 3 is 1.16 bits per heavy atom. The molecule has 5 N–H and O–H groups in total. The van der Waals surface area contributed by atoms with Gasteiger partial charge in [-0.1, -0.05) is 39.5 Å². The Labute approximate surface area is 515 Å². The van der Waals surface area contributed by atoms with Gasteiger partial charge in [0.15, 0.2) is 0 Å². The van der Waals surface area contributed by atoms with Crippen molar-refractivity contribution in [1.29, 1.82) is 0 Å². The Hall–Kier alpha value is -9.83. The van der Waals surface area contributed by atoms with Crippen LogP contribution >= 0.6 is 0 Å². The van der Waals surface area contributed by atoms with Crippen molar-refractivity contribution < 1.29 is 58.3 Å². The molecule has 0 amide bonds. The predicted octanol–water partition coefficient (Wildman–Crippen LogP) is 15.2. The number of rotatable bonds is 25. The molecule has 8 aromatic carbocycles. The van der Waals surface area contributed by atoms with Crippen molar-refractivity contribution in [3.8, 4) is 69.0 Å². The van der Waals surface area contributed by atoms with Gasteiger partial charge < -0.3 is 63.6 Å². The van der Waals surface area contributed by atoms with E-state index in [9.17, 15) is 20.4 Å². The maximum Gasteiger partial charge on any atom is 0.131 e. The Morgan fingerprint density at radius 2 is 0.761 bits per heavy atom. The van der Waals surface area contributed by atoms with Crippen LogP contribution in [0.4, 0.5) is 22.7 Å². The maximum absolute atomic E-state index is 13.0. The molecule has 16 heteroatoms. The summed E-state index contributed by atoms with van der Waals surface area (Å²) in [6, 6.07) is 36.5. The molecule has 0 radical (unpaired) electrons. The van der Waals surface area contributed by atoms with E-state index in [4.69, 9.17) is 52.9 Å². The molecule has 88 heavy (non-hydrogen) atoms. The fraction of sp³-hybridized carbons (Fsp3) is 0.292. The summed E-state index contributed by atoms with van der Waals surface area (Å²) < 4.78 is 47.9. The smallest absolute Gasteiger partial charge is 0.131 e. The summed E-state index contributed by atoms with van der Waals surface area (Å²) >= 11 is 0. The number of nitrogens with one attached hydrogen (secondary N) is 1. The number of fused-ring (bicyclic) bond motifs is 8. The molecule has 0 heterocycles. The van der Waals surface area contributed by atoms with Gasteiger partial charge in [-0.15, -0.1) is 0 Å². The van der Waals surface area contributed by atoms with Crippen LogP contribution in [0.1, 0.15) is 119 Å². The molecule has 8 aromatic rings. The van der Waals surface area contributed by atoms with Gasteiger partial charge in [0, 0.05) is 148 Å². The van der Waals surface area contributed by atoms with Crippen molar-refractivity contribution in [2.75, 3.05) is 61.2 Å². The lowest BCUT2D eigenvalue weighted by Crippen LogP contribution is -2.08. The van der Waals surface area contributed by atoms with Crippen LogP contribution in [-0.4, -0.2) is 94.9 Å². The Bertz CT molecular complexity index is 3660. The average Bonchev–Trinajstić information content (AvgIpc) is 2.00. The molecule has 0 fully saturated rings.